The zero-order chi connectivity index (χ0) is 14.3. The number of nitrogens with two attached hydrogens (primary N) is 1. The zero-order valence-corrected chi connectivity index (χ0v) is 11.2. The van der Waals surface area contributed by atoms with Crippen molar-refractivity contribution < 1.29 is 14.2 Å². The fraction of sp³-hybridized carbons (Fsp3) is 0.250. The first-order valence-corrected chi connectivity index (χ1v) is 6.50. The lowest BCUT2D eigenvalue weighted by molar-refractivity contribution is 0.0796. The molecule has 1 unspecified atom stereocenters. The summed E-state index contributed by atoms with van der Waals surface area (Å²) in [5, 5.41) is 11.1. The average molecular weight is 273 g/mol. The minimum atomic E-state index is -1.23. The van der Waals surface area contributed by atoms with Crippen LogP contribution in [0.5, 0.6) is 5.75 Å². The predicted octanol–water partition coefficient (Wildman–Crippen LogP) is 2.60. The van der Waals surface area contributed by atoms with Crippen LogP contribution in [0, 0.1) is 5.82 Å². The Morgan fingerprint density at radius 2 is 2.00 bits per heavy atom. The van der Waals surface area contributed by atoms with Crippen molar-refractivity contribution in [2.45, 2.75) is 18.4 Å². The zero-order valence-electron chi connectivity index (χ0n) is 11.2. The maximum atomic E-state index is 13.6. The third-order valence-corrected chi connectivity index (χ3v) is 3.94. The molecule has 1 atom stereocenters. The molecule has 4 heteroatoms. The van der Waals surface area contributed by atoms with Crippen LogP contribution in [-0.4, -0.2) is 12.2 Å². The lowest BCUT2D eigenvalue weighted by Crippen LogP contribution is -2.25. The number of hydrogen-bond acceptors (Lipinski definition) is 3. The molecule has 0 saturated carbocycles. The number of anilines is 1. The number of ether oxygens (including phenoxy) is 1. The molecule has 0 aliphatic heterocycles. The van der Waals surface area contributed by atoms with Gasteiger partial charge in [-0.3, -0.25) is 0 Å². The van der Waals surface area contributed by atoms with Gasteiger partial charge in [-0.15, -0.1) is 0 Å². The van der Waals surface area contributed by atoms with Crippen LogP contribution < -0.4 is 10.5 Å². The van der Waals surface area contributed by atoms with E-state index >= 15 is 0 Å². The van der Waals surface area contributed by atoms with Gasteiger partial charge in [0.2, 0.25) is 0 Å². The van der Waals surface area contributed by atoms with Crippen molar-refractivity contribution in [3.63, 3.8) is 0 Å². The normalized spacial score (nSPS) is 20.8. The number of benzene rings is 2. The van der Waals surface area contributed by atoms with E-state index in [0.29, 0.717) is 29.8 Å². The molecular formula is C16H16FNO2. The number of aryl methyl sites for hydroxylation is 1. The first kappa shape index (κ1) is 12.9. The number of fused-ring (bicyclic) bond motifs is 1. The van der Waals surface area contributed by atoms with E-state index in [2.05, 4.69) is 0 Å². The van der Waals surface area contributed by atoms with E-state index in [0.717, 1.165) is 11.1 Å². The highest BCUT2D eigenvalue weighted by Crippen LogP contribution is 2.45. The van der Waals surface area contributed by atoms with Gasteiger partial charge < -0.3 is 15.6 Å². The second-order valence-corrected chi connectivity index (χ2v) is 5.12. The van der Waals surface area contributed by atoms with Crippen molar-refractivity contribution in [2.24, 2.45) is 0 Å². The molecule has 2 aromatic carbocycles. The van der Waals surface area contributed by atoms with Crippen molar-refractivity contribution >= 4 is 5.69 Å². The lowest BCUT2D eigenvalue weighted by Gasteiger charge is -2.26. The van der Waals surface area contributed by atoms with Gasteiger partial charge in [0.1, 0.15) is 17.2 Å². The van der Waals surface area contributed by atoms with E-state index in [1.165, 1.54) is 25.3 Å². The van der Waals surface area contributed by atoms with E-state index in [9.17, 15) is 9.50 Å². The summed E-state index contributed by atoms with van der Waals surface area (Å²) in [5.41, 5.74) is 7.45. The van der Waals surface area contributed by atoms with E-state index in [1.807, 2.05) is 12.1 Å². The monoisotopic (exact) mass is 273 g/mol. The van der Waals surface area contributed by atoms with Crippen LogP contribution >= 0.6 is 0 Å². The Balaban J connectivity index is 2.19. The summed E-state index contributed by atoms with van der Waals surface area (Å²) in [6.07, 6.45) is 1.20. The Labute approximate surface area is 116 Å². The van der Waals surface area contributed by atoms with Gasteiger partial charge in [-0.05, 0) is 54.3 Å². The molecule has 1 aliphatic carbocycles. The molecule has 0 spiro atoms. The van der Waals surface area contributed by atoms with E-state index in [4.69, 9.17) is 10.5 Å². The minimum Gasteiger partial charge on any atom is -0.496 e. The molecule has 0 bridgehead atoms. The minimum absolute atomic E-state index is 0.391. The fourth-order valence-corrected chi connectivity index (χ4v) is 2.96. The summed E-state index contributed by atoms with van der Waals surface area (Å²) in [5.74, 6) is 0.0942. The number of halogens is 1. The van der Waals surface area contributed by atoms with Crippen LogP contribution in [-0.2, 0) is 12.0 Å². The molecule has 1 aliphatic rings. The number of nitrogen functional groups attached to an aromatic ring is 1. The van der Waals surface area contributed by atoms with Crippen LogP contribution in [0.15, 0.2) is 36.4 Å². The molecule has 0 saturated heterocycles. The van der Waals surface area contributed by atoms with E-state index in [-0.39, 0.29) is 0 Å². The van der Waals surface area contributed by atoms with Crippen molar-refractivity contribution in [1.82, 2.24) is 0 Å². The standard InChI is InChI=1S/C16H16FNO2/c1-20-15-5-2-11(17)9-14(15)16(19)7-6-10-8-12(18)3-4-13(10)16/h2-5,8-9,19H,6-7,18H2,1H3. The topological polar surface area (TPSA) is 55.5 Å². The fourth-order valence-electron chi connectivity index (χ4n) is 2.96. The highest BCUT2D eigenvalue weighted by molar-refractivity contribution is 5.54. The molecule has 104 valence electrons. The quantitative estimate of drug-likeness (QED) is 0.827. The molecule has 0 amide bonds. The van der Waals surface area contributed by atoms with Gasteiger partial charge in [-0.25, -0.2) is 4.39 Å². The number of aliphatic hydroxyl groups is 1. The summed E-state index contributed by atoms with van der Waals surface area (Å²) in [7, 11) is 1.51. The summed E-state index contributed by atoms with van der Waals surface area (Å²) < 4.78 is 18.8. The average Bonchev–Trinajstić information content (AvgIpc) is 2.77. The van der Waals surface area contributed by atoms with Crippen LogP contribution in [0.2, 0.25) is 0 Å². The second kappa shape index (κ2) is 4.49. The molecule has 3 nitrogen and oxygen atoms in total. The lowest BCUT2D eigenvalue weighted by atomic mass is 9.87. The molecule has 3 rings (SSSR count). The van der Waals surface area contributed by atoms with Gasteiger partial charge in [0.25, 0.3) is 0 Å². The highest BCUT2D eigenvalue weighted by atomic mass is 19.1. The van der Waals surface area contributed by atoms with Gasteiger partial charge in [0, 0.05) is 11.3 Å². The maximum absolute atomic E-state index is 13.6. The number of hydrogen-bond donors (Lipinski definition) is 2. The van der Waals surface area contributed by atoms with Gasteiger partial charge in [0.15, 0.2) is 0 Å². The van der Waals surface area contributed by atoms with Crippen molar-refractivity contribution in [3.8, 4) is 5.75 Å². The van der Waals surface area contributed by atoms with Gasteiger partial charge in [-0.2, -0.15) is 0 Å². The molecule has 20 heavy (non-hydrogen) atoms. The molecule has 0 fully saturated rings. The molecular weight excluding hydrogens is 257 g/mol. The van der Waals surface area contributed by atoms with Crippen LogP contribution in [0.1, 0.15) is 23.1 Å². The van der Waals surface area contributed by atoms with Gasteiger partial charge in [-0.1, -0.05) is 6.07 Å². The van der Waals surface area contributed by atoms with Crippen LogP contribution in [0.4, 0.5) is 10.1 Å². The number of methoxy groups -OCH3 is 1. The summed E-state index contributed by atoms with van der Waals surface area (Å²) in [4.78, 5) is 0. The Hall–Kier alpha value is -2.07. The second-order valence-electron chi connectivity index (χ2n) is 5.12. The Morgan fingerprint density at radius 1 is 1.20 bits per heavy atom. The largest absolute Gasteiger partial charge is 0.496 e. The summed E-state index contributed by atoms with van der Waals surface area (Å²) in [6, 6.07) is 9.62. The van der Waals surface area contributed by atoms with E-state index in [1.54, 1.807) is 6.07 Å². The third kappa shape index (κ3) is 1.84. The molecule has 0 heterocycles. The molecule has 2 aromatic rings. The summed E-state index contributed by atoms with van der Waals surface area (Å²) >= 11 is 0. The predicted molar refractivity (Wildman–Crippen MR) is 75.1 cm³/mol. The van der Waals surface area contributed by atoms with Crippen molar-refractivity contribution in [3.05, 3.63) is 58.9 Å². The van der Waals surface area contributed by atoms with E-state index < -0.39 is 11.4 Å². The molecule has 0 radical (unpaired) electrons. The Bertz CT molecular complexity index is 672. The Kier molecular flexibility index (Phi) is 2.91. The highest BCUT2D eigenvalue weighted by Gasteiger charge is 2.40. The Morgan fingerprint density at radius 3 is 2.75 bits per heavy atom. The molecule has 3 N–H and O–H groups in total. The van der Waals surface area contributed by atoms with Crippen molar-refractivity contribution in [2.75, 3.05) is 12.8 Å². The van der Waals surface area contributed by atoms with Crippen LogP contribution in [0.25, 0.3) is 0 Å². The molecule has 0 aromatic heterocycles. The third-order valence-electron chi connectivity index (χ3n) is 3.94. The van der Waals surface area contributed by atoms with Gasteiger partial charge >= 0.3 is 0 Å². The SMILES string of the molecule is COc1ccc(F)cc1C1(O)CCc2cc(N)ccc21. The summed E-state index contributed by atoms with van der Waals surface area (Å²) in [6.45, 7) is 0. The maximum Gasteiger partial charge on any atom is 0.125 e. The van der Waals surface area contributed by atoms with Gasteiger partial charge in [0.05, 0.1) is 7.11 Å². The first-order chi connectivity index (χ1) is 9.54. The van der Waals surface area contributed by atoms with Crippen LogP contribution in [0.3, 0.4) is 0 Å². The smallest absolute Gasteiger partial charge is 0.125 e. The van der Waals surface area contributed by atoms with Crippen molar-refractivity contribution in [1.29, 1.82) is 0 Å². The first-order valence-electron chi connectivity index (χ1n) is 6.50. The number of rotatable bonds is 2.